The van der Waals surface area contributed by atoms with Gasteiger partial charge in [-0.2, -0.15) is 0 Å². The third kappa shape index (κ3) is 2.27. The third-order valence-electron chi connectivity index (χ3n) is 4.11. The van der Waals surface area contributed by atoms with Gasteiger partial charge in [-0.3, -0.25) is 9.78 Å². The van der Waals surface area contributed by atoms with Gasteiger partial charge in [0.1, 0.15) is 0 Å². The number of hydrogen-bond acceptors (Lipinski definition) is 3. The highest BCUT2D eigenvalue weighted by Crippen LogP contribution is 2.30. The van der Waals surface area contributed by atoms with Crippen LogP contribution in [0, 0.1) is 0 Å². The topological polar surface area (TPSA) is 59.2 Å². The fourth-order valence-electron chi connectivity index (χ4n) is 3.01. The molecule has 104 valence electrons. The average molecular weight is 269 g/mol. The molecule has 1 aliphatic rings. The van der Waals surface area contributed by atoms with Gasteiger partial charge >= 0.3 is 0 Å². The summed E-state index contributed by atoms with van der Waals surface area (Å²) in [4.78, 5) is 18.2. The van der Waals surface area contributed by atoms with Gasteiger partial charge in [0.05, 0.1) is 11.6 Å². The highest BCUT2D eigenvalue weighted by atomic mass is 16.2. The predicted octanol–water partition coefficient (Wildman–Crippen LogP) is 2.25. The van der Waals surface area contributed by atoms with Crippen LogP contribution in [0.25, 0.3) is 10.9 Å². The maximum absolute atomic E-state index is 12.1. The van der Waals surface area contributed by atoms with Crippen molar-refractivity contribution in [1.82, 2.24) is 9.88 Å². The first-order valence-electron chi connectivity index (χ1n) is 7.03. The molecule has 1 saturated heterocycles. The standard InChI is InChI=1S/C16H19N3O/c1-19-15(20)6-2-5-13(17)16(19)12-7-8-14-11(10-12)4-3-9-18-14/h3-4,7-10,13,16H,2,5-6,17H2,1H3. The lowest BCUT2D eigenvalue weighted by molar-refractivity contribution is -0.131. The summed E-state index contributed by atoms with van der Waals surface area (Å²) in [7, 11) is 1.85. The highest BCUT2D eigenvalue weighted by Gasteiger charge is 2.30. The Balaban J connectivity index is 2.04. The lowest BCUT2D eigenvalue weighted by Gasteiger charge is -2.31. The molecular formula is C16H19N3O. The van der Waals surface area contributed by atoms with Crippen LogP contribution >= 0.6 is 0 Å². The molecule has 0 radical (unpaired) electrons. The SMILES string of the molecule is CN1C(=O)CCCC(N)C1c1ccc2ncccc2c1. The fourth-order valence-corrected chi connectivity index (χ4v) is 3.01. The molecule has 2 heterocycles. The Kier molecular flexibility index (Phi) is 3.40. The molecule has 1 aromatic heterocycles. The number of aromatic nitrogens is 1. The van der Waals surface area contributed by atoms with Crippen molar-refractivity contribution in [1.29, 1.82) is 0 Å². The number of nitrogens with two attached hydrogens (primary N) is 1. The van der Waals surface area contributed by atoms with E-state index in [2.05, 4.69) is 11.1 Å². The maximum atomic E-state index is 12.1. The van der Waals surface area contributed by atoms with E-state index >= 15 is 0 Å². The minimum atomic E-state index is -0.0467. The van der Waals surface area contributed by atoms with Crippen LogP contribution in [0.1, 0.15) is 30.9 Å². The molecule has 0 bridgehead atoms. The molecule has 20 heavy (non-hydrogen) atoms. The zero-order valence-electron chi connectivity index (χ0n) is 11.6. The van der Waals surface area contributed by atoms with Crippen molar-refractivity contribution < 1.29 is 4.79 Å². The third-order valence-corrected chi connectivity index (χ3v) is 4.11. The quantitative estimate of drug-likeness (QED) is 0.863. The molecule has 1 aromatic carbocycles. The van der Waals surface area contributed by atoms with Gasteiger partial charge < -0.3 is 10.6 Å². The van der Waals surface area contributed by atoms with Crippen molar-refractivity contribution in [3.05, 3.63) is 42.1 Å². The van der Waals surface area contributed by atoms with Crippen LogP contribution < -0.4 is 5.73 Å². The zero-order valence-corrected chi connectivity index (χ0v) is 11.6. The van der Waals surface area contributed by atoms with Crippen LogP contribution in [0.5, 0.6) is 0 Å². The molecule has 4 heteroatoms. The number of carbonyl (C=O) groups excluding carboxylic acids is 1. The number of likely N-dealkylation sites (N-methyl/N-ethyl adjacent to an activating group) is 1. The number of pyridine rings is 1. The Hall–Kier alpha value is -1.94. The van der Waals surface area contributed by atoms with E-state index in [1.54, 1.807) is 11.1 Å². The first-order valence-corrected chi connectivity index (χ1v) is 7.03. The van der Waals surface area contributed by atoms with E-state index in [1.807, 2.05) is 31.3 Å². The van der Waals surface area contributed by atoms with Gasteiger partial charge in [-0.25, -0.2) is 0 Å². The van der Waals surface area contributed by atoms with Crippen LogP contribution in [-0.4, -0.2) is 28.9 Å². The summed E-state index contributed by atoms with van der Waals surface area (Å²) in [6, 6.07) is 10.0. The summed E-state index contributed by atoms with van der Waals surface area (Å²) in [6.07, 6.45) is 4.13. The first kappa shape index (κ1) is 13.1. The summed E-state index contributed by atoms with van der Waals surface area (Å²) in [5.41, 5.74) is 8.36. The number of carbonyl (C=O) groups is 1. The van der Waals surface area contributed by atoms with Crippen molar-refractivity contribution in [3.8, 4) is 0 Å². The van der Waals surface area contributed by atoms with Crippen LogP contribution in [0.4, 0.5) is 0 Å². The summed E-state index contributed by atoms with van der Waals surface area (Å²) in [6.45, 7) is 0. The minimum absolute atomic E-state index is 0.0134. The van der Waals surface area contributed by atoms with E-state index in [-0.39, 0.29) is 18.0 Å². The van der Waals surface area contributed by atoms with Gasteiger partial charge in [-0.1, -0.05) is 12.1 Å². The largest absolute Gasteiger partial charge is 0.337 e. The monoisotopic (exact) mass is 269 g/mol. The van der Waals surface area contributed by atoms with Crippen molar-refractivity contribution >= 4 is 16.8 Å². The van der Waals surface area contributed by atoms with E-state index in [4.69, 9.17) is 5.73 Å². The normalized spacial score (nSPS) is 23.9. The summed E-state index contributed by atoms with van der Waals surface area (Å²) >= 11 is 0. The molecule has 0 spiro atoms. The Morgan fingerprint density at radius 2 is 2.20 bits per heavy atom. The Labute approximate surface area is 118 Å². The van der Waals surface area contributed by atoms with Gasteiger partial charge in [-0.05, 0) is 36.6 Å². The van der Waals surface area contributed by atoms with Crippen molar-refractivity contribution in [2.24, 2.45) is 5.73 Å². The number of hydrogen-bond donors (Lipinski definition) is 1. The fraction of sp³-hybridized carbons (Fsp3) is 0.375. The number of likely N-dealkylation sites (tertiary alicyclic amines) is 1. The Morgan fingerprint density at radius 1 is 1.35 bits per heavy atom. The Bertz CT molecular complexity index is 640. The van der Waals surface area contributed by atoms with Crippen LogP contribution in [0.2, 0.25) is 0 Å². The van der Waals surface area contributed by atoms with Crippen LogP contribution in [0.3, 0.4) is 0 Å². The summed E-state index contributed by atoms with van der Waals surface area (Å²) in [5.74, 6) is 0.175. The molecule has 0 aliphatic carbocycles. The number of amides is 1. The molecule has 1 fully saturated rings. The molecule has 2 unspecified atom stereocenters. The molecule has 4 nitrogen and oxygen atoms in total. The number of fused-ring (bicyclic) bond motifs is 1. The van der Waals surface area contributed by atoms with E-state index in [1.165, 1.54) is 0 Å². The predicted molar refractivity (Wildman–Crippen MR) is 79.1 cm³/mol. The molecule has 0 saturated carbocycles. The smallest absolute Gasteiger partial charge is 0.222 e. The molecule has 2 atom stereocenters. The van der Waals surface area contributed by atoms with Gasteiger partial charge in [0.25, 0.3) is 0 Å². The zero-order chi connectivity index (χ0) is 14.1. The Morgan fingerprint density at radius 3 is 3.05 bits per heavy atom. The average Bonchev–Trinajstić information content (AvgIpc) is 2.58. The van der Waals surface area contributed by atoms with E-state index in [0.29, 0.717) is 6.42 Å². The van der Waals surface area contributed by atoms with E-state index in [9.17, 15) is 4.79 Å². The van der Waals surface area contributed by atoms with Gasteiger partial charge in [0.2, 0.25) is 5.91 Å². The lowest BCUT2D eigenvalue weighted by atomic mass is 9.95. The van der Waals surface area contributed by atoms with E-state index < -0.39 is 0 Å². The number of rotatable bonds is 1. The molecule has 1 aliphatic heterocycles. The highest BCUT2D eigenvalue weighted by molar-refractivity contribution is 5.80. The molecule has 3 rings (SSSR count). The summed E-state index contributed by atoms with van der Waals surface area (Å²) in [5, 5.41) is 1.09. The molecule has 2 N–H and O–H groups in total. The number of nitrogens with zero attached hydrogens (tertiary/aromatic N) is 2. The van der Waals surface area contributed by atoms with Crippen molar-refractivity contribution in [2.45, 2.75) is 31.3 Å². The summed E-state index contributed by atoms with van der Waals surface area (Å²) < 4.78 is 0. The van der Waals surface area contributed by atoms with Gasteiger partial charge in [0.15, 0.2) is 0 Å². The van der Waals surface area contributed by atoms with Gasteiger partial charge in [-0.15, -0.1) is 0 Å². The molecule has 2 aromatic rings. The number of benzene rings is 1. The second-order valence-electron chi connectivity index (χ2n) is 5.46. The maximum Gasteiger partial charge on any atom is 0.222 e. The van der Waals surface area contributed by atoms with Gasteiger partial charge in [0, 0.05) is 31.1 Å². The van der Waals surface area contributed by atoms with Crippen molar-refractivity contribution in [2.75, 3.05) is 7.05 Å². The first-order chi connectivity index (χ1) is 9.66. The second-order valence-corrected chi connectivity index (χ2v) is 5.46. The van der Waals surface area contributed by atoms with Crippen molar-refractivity contribution in [3.63, 3.8) is 0 Å². The minimum Gasteiger partial charge on any atom is -0.337 e. The molecular weight excluding hydrogens is 250 g/mol. The lowest BCUT2D eigenvalue weighted by Crippen LogP contribution is -2.39. The van der Waals surface area contributed by atoms with Crippen LogP contribution in [0.15, 0.2) is 36.5 Å². The van der Waals surface area contributed by atoms with E-state index in [0.717, 1.165) is 29.3 Å². The second kappa shape index (κ2) is 5.21. The molecule has 1 amide bonds. The van der Waals surface area contributed by atoms with Crippen LogP contribution in [-0.2, 0) is 4.79 Å².